The molecule has 5 heteroatoms. The minimum Gasteiger partial charge on any atom is -0.381 e. The quantitative estimate of drug-likeness (QED) is 0.723. The molecule has 0 spiro atoms. The van der Waals surface area contributed by atoms with Crippen molar-refractivity contribution in [2.24, 2.45) is 11.5 Å². The number of nitrogens with two attached hydrogens (primary N) is 2. The molecular formula is C10H14ClN3O. The molecule has 1 aromatic rings. The number of anilines is 1. The first kappa shape index (κ1) is 11.8. The van der Waals surface area contributed by atoms with Crippen molar-refractivity contribution in [1.29, 1.82) is 0 Å². The highest BCUT2D eigenvalue weighted by molar-refractivity contribution is 6.33. The van der Waals surface area contributed by atoms with Gasteiger partial charge in [0.25, 0.3) is 0 Å². The standard InChI is InChI=1S/C10H14ClN3O/c1-6(5-12)14-7-2-3-9(11)8(4-7)10(13)15/h2-4,6,14H,5,12H2,1H3,(H2,13,15). The Morgan fingerprint density at radius 3 is 2.80 bits per heavy atom. The van der Waals surface area contributed by atoms with Crippen LogP contribution in [0.3, 0.4) is 0 Å². The van der Waals surface area contributed by atoms with Crippen LogP contribution in [0.1, 0.15) is 17.3 Å². The number of hydrogen-bond donors (Lipinski definition) is 3. The number of carbonyl (C=O) groups is 1. The number of nitrogens with one attached hydrogen (secondary N) is 1. The van der Waals surface area contributed by atoms with Gasteiger partial charge >= 0.3 is 0 Å². The largest absolute Gasteiger partial charge is 0.381 e. The summed E-state index contributed by atoms with van der Waals surface area (Å²) in [6.45, 7) is 2.45. The maximum atomic E-state index is 11.0. The van der Waals surface area contributed by atoms with Gasteiger partial charge in [-0.25, -0.2) is 0 Å². The average Bonchev–Trinajstić information content (AvgIpc) is 2.20. The lowest BCUT2D eigenvalue weighted by atomic mass is 10.2. The third kappa shape index (κ3) is 3.11. The summed E-state index contributed by atoms with van der Waals surface area (Å²) in [6.07, 6.45) is 0. The fourth-order valence-electron chi connectivity index (χ4n) is 1.15. The summed E-state index contributed by atoms with van der Waals surface area (Å²) >= 11 is 5.81. The molecule has 0 heterocycles. The molecule has 1 unspecified atom stereocenters. The van der Waals surface area contributed by atoms with Crippen molar-refractivity contribution in [2.75, 3.05) is 11.9 Å². The average molecular weight is 228 g/mol. The molecule has 0 saturated heterocycles. The molecule has 5 N–H and O–H groups in total. The van der Waals surface area contributed by atoms with Crippen LogP contribution >= 0.6 is 11.6 Å². The Morgan fingerprint density at radius 1 is 1.60 bits per heavy atom. The lowest BCUT2D eigenvalue weighted by molar-refractivity contribution is 0.100. The predicted octanol–water partition coefficient (Wildman–Crippen LogP) is 1.20. The fourth-order valence-corrected chi connectivity index (χ4v) is 1.36. The summed E-state index contributed by atoms with van der Waals surface area (Å²) in [6, 6.07) is 5.16. The van der Waals surface area contributed by atoms with Gasteiger partial charge in [-0.05, 0) is 25.1 Å². The van der Waals surface area contributed by atoms with Gasteiger partial charge in [-0.1, -0.05) is 11.6 Å². The molecule has 0 radical (unpaired) electrons. The molecule has 0 aliphatic heterocycles. The third-order valence-electron chi connectivity index (χ3n) is 2.00. The van der Waals surface area contributed by atoms with E-state index in [9.17, 15) is 4.79 Å². The van der Waals surface area contributed by atoms with E-state index in [2.05, 4.69) is 5.32 Å². The van der Waals surface area contributed by atoms with Crippen LogP contribution in [0.4, 0.5) is 5.69 Å². The summed E-state index contributed by atoms with van der Waals surface area (Å²) in [4.78, 5) is 11.0. The summed E-state index contributed by atoms with van der Waals surface area (Å²) in [5.74, 6) is -0.538. The highest BCUT2D eigenvalue weighted by Crippen LogP contribution is 2.20. The van der Waals surface area contributed by atoms with Gasteiger partial charge in [0.2, 0.25) is 5.91 Å². The second-order valence-corrected chi connectivity index (χ2v) is 3.75. The molecule has 82 valence electrons. The van der Waals surface area contributed by atoms with E-state index >= 15 is 0 Å². The Morgan fingerprint density at radius 2 is 2.27 bits per heavy atom. The summed E-state index contributed by atoms with van der Waals surface area (Å²) < 4.78 is 0. The van der Waals surface area contributed by atoms with Crippen molar-refractivity contribution >= 4 is 23.2 Å². The summed E-state index contributed by atoms with van der Waals surface area (Å²) in [5.41, 5.74) is 11.7. The zero-order chi connectivity index (χ0) is 11.4. The number of carbonyl (C=O) groups excluding carboxylic acids is 1. The maximum Gasteiger partial charge on any atom is 0.250 e. The summed E-state index contributed by atoms with van der Waals surface area (Å²) in [5, 5.41) is 3.48. The van der Waals surface area contributed by atoms with Gasteiger partial charge in [-0.15, -0.1) is 0 Å². The van der Waals surface area contributed by atoms with Crippen LogP contribution in [0.25, 0.3) is 0 Å². The van der Waals surface area contributed by atoms with Gasteiger partial charge in [0.1, 0.15) is 0 Å². The van der Waals surface area contributed by atoms with E-state index in [-0.39, 0.29) is 6.04 Å². The van der Waals surface area contributed by atoms with Crippen molar-refractivity contribution in [3.05, 3.63) is 28.8 Å². The highest BCUT2D eigenvalue weighted by atomic mass is 35.5. The smallest absolute Gasteiger partial charge is 0.250 e. The number of halogens is 1. The number of benzene rings is 1. The van der Waals surface area contributed by atoms with Gasteiger partial charge < -0.3 is 16.8 Å². The van der Waals surface area contributed by atoms with Crippen LogP contribution in [-0.4, -0.2) is 18.5 Å². The van der Waals surface area contributed by atoms with Gasteiger partial charge in [0, 0.05) is 18.3 Å². The minimum absolute atomic E-state index is 0.131. The van der Waals surface area contributed by atoms with Crippen molar-refractivity contribution in [3.8, 4) is 0 Å². The van der Waals surface area contributed by atoms with E-state index < -0.39 is 5.91 Å². The molecular weight excluding hydrogens is 214 g/mol. The van der Waals surface area contributed by atoms with Gasteiger partial charge in [-0.3, -0.25) is 4.79 Å². The normalized spacial score (nSPS) is 12.2. The molecule has 0 saturated carbocycles. The Labute approximate surface area is 93.6 Å². The Hall–Kier alpha value is -1.26. The number of amides is 1. The van der Waals surface area contributed by atoms with Crippen molar-refractivity contribution < 1.29 is 4.79 Å². The van der Waals surface area contributed by atoms with Crippen molar-refractivity contribution in [3.63, 3.8) is 0 Å². The van der Waals surface area contributed by atoms with Crippen LogP contribution in [0.2, 0.25) is 5.02 Å². The second kappa shape index (κ2) is 5.00. The molecule has 0 fully saturated rings. The van der Waals surface area contributed by atoms with Crippen molar-refractivity contribution in [2.45, 2.75) is 13.0 Å². The van der Waals surface area contributed by atoms with Crippen LogP contribution in [0.5, 0.6) is 0 Å². The number of hydrogen-bond acceptors (Lipinski definition) is 3. The molecule has 1 amide bonds. The number of primary amides is 1. The van der Waals surface area contributed by atoms with E-state index in [4.69, 9.17) is 23.1 Å². The Kier molecular flexibility index (Phi) is 3.94. The van der Waals surface area contributed by atoms with Crippen LogP contribution in [0.15, 0.2) is 18.2 Å². The lowest BCUT2D eigenvalue weighted by Crippen LogP contribution is -2.25. The third-order valence-corrected chi connectivity index (χ3v) is 2.33. The zero-order valence-corrected chi connectivity index (χ0v) is 9.21. The van der Waals surface area contributed by atoms with Crippen molar-refractivity contribution in [1.82, 2.24) is 0 Å². The molecule has 1 atom stereocenters. The molecule has 0 aliphatic rings. The molecule has 4 nitrogen and oxygen atoms in total. The molecule has 0 bridgehead atoms. The lowest BCUT2D eigenvalue weighted by Gasteiger charge is -2.13. The van der Waals surface area contributed by atoms with Gasteiger partial charge in [0.05, 0.1) is 10.6 Å². The van der Waals surface area contributed by atoms with E-state index in [1.165, 1.54) is 0 Å². The van der Waals surface area contributed by atoms with E-state index in [1.54, 1.807) is 18.2 Å². The first-order chi connectivity index (χ1) is 7.04. The first-order valence-corrected chi connectivity index (χ1v) is 4.98. The highest BCUT2D eigenvalue weighted by Gasteiger charge is 2.08. The molecule has 15 heavy (non-hydrogen) atoms. The van der Waals surface area contributed by atoms with E-state index in [0.717, 1.165) is 5.69 Å². The van der Waals surface area contributed by atoms with Crippen LogP contribution < -0.4 is 16.8 Å². The van der Waals surface area contributed by atoms with Crippen LogP contribution in [-0.2, 0) is 0 Å². The molecule has 0 aliphatic carbocycles. The molecule has 0 aromatic heterocycles. The maximum absolute atomic E-state index is 11.0. The Bertz CT molecular complexity index is 368. The zero-order valence-electron chi connectivity index (χ0n) is 8.46. The topological polar surface area (TPSA) is 81.1 Å². The molecule has 1 aromatic carbocycles. The fraction of sp³-hybridized carbons (Fsp3) is 0.300. The van der Waals surface area contributed by atoms with Gasteiger partial charge in [0.15, 0.2) is 0 Å². The van der Waals surface area contributed by atoms with E-state index in [0.29, 0.717) is 17.1 Å². The first-order valence-electron chi connectivity index (χ1n) is 4.60. The Balaban J connectivity index is 2.92. The monoisotopic (exact) mass is 227 g/mol. The number of rotatable bonds is 4. The summed E-state index contributed by atoms with van der Waals surface area (Å²) in [7, 11) is 0. The second-order valence-electron chi connectivity index (χ2n) is 3.34. The van der Waals surface area contributed by atoms with Crippen LogP contribution in [0, 0.1) is 0 Å². The SMILES string of the molecule is CC(CN)Nc1ccc(Cl)c(C(N)=O)c1. The van der Waals surface area contributed by atoms with E-state index in [1.807, 2.05) is 6.92 Å². The molecule has 1 rings (SSSR count). The minimum atomic E-state index is -0.538. The van der Waals surface area contributed by atoms with Gasteiger partial charge in [-0.2, -0.15) is 0 Å². The predicted molar refractivity (Wildman–Crippen MR) is 62.1 cm³/mol.